The fourth-order valence-electron chi connectivity index (χ4n) is 7.86. The van der Waals surface area contributed by atoms with Crippen LogP contribution in [0.2, 0.25) is 0 Å². The maximum Gasteiger partial charge on any atom is 0.136 e. The summed E-state index contributed by atoms with van der Waals surface area (Å²) in [7, 11) is 0. The number of fused-ring (bicyclic) bond motifs is 4. The molecule has 0 saturated carbocycles. The Hall–Kier alpha value is -6.69. The second-order valence-electron chi connectivity index (χ2n) is 13.7. The summed E-state index contributed by atoms with van der Waals surface area (Å²) < 4.78 is 2.37. The van der Waals surface area contributed by atoms with Crippen LogP contribution in [0, 0.1) is 11.8 Å². The molecule has 0 radical (unpaired) electrons. The molecule has 9 rings (SSSR count). The summed E-state index contributed by atoms with van der Waals surface area (Å²) in [4.78, 5) is 5.51. The van der Waals surface area contributed by atoms with E-state index in [4.69, 9.17) is 4.99 Å². The van der Waals surface area contributed by atoms with Gasteiger partial charge in [0.25, 0.3) is 0 Å². The number of allylic oxidation sites excluding steroid dienone is 2. The Kier molecular flexibility index (Phi) is 8.39. The van der Waals surface area contributed by atoms with Gasteiger partial charge in [-0.3, -0.25) is 4.99 Å². The fraction of sp³-hybridized carbons (Fsp3) is 0.0784. The molecule has 0 amide bonds. The zero-order valence-corrected chi connectivity index (χ0v) is 29.9. The molecule has 1 aliphatic rings. The zero-order valence-electron chi connectivity index (χ0n) is 29.9. The van der Waals surface area contributed by atoms with Gasteiger partial charge in [0, 0.05) is 28.4 Å². The first-order valence-electron chi connectivity index (χ1n) is 18.3. The molecule has 0 bridgehead atoms. The number of aromatic nitrogens is 1. The van der Waals surface area contributed by atoms with Crippen LogP contribution in [-0.2, 0) is 6.42 Å². The van der Waals surface area contributed by atoms with Gasteiger partial charge in [0.05, 0.1) is 16.7 Å². The molecule has 53 heavy (non-hydrogen) atoms. The maximum absolute atomic E-state index is 5.51. The molecule has 0 fully saturated rings. The third-order valence-corrected chi connectivity index (χ3v) is 10.6. The van der Waals surface area contributed by atoms with Gasteiger partial charge in [-0.2, -0.15) is 0 Å². The van der Waals surface area contributed by atoms with E-state index in [0.29, 0.717) is 0 Å². The van der Waals surface area contributed by atoms with Crippen molar-refractivity contribution in [1.29, 1.82) is 0 Å². The number of rotatable bonds is 6. The van der Waals surface area contributed by atoms with Crippen molar-refractivity contribution in [3.63, 3.8) is 0 Å². The van der Waals surface area contributed by atoms with Crippen molar-refractivity contribution >= 4 is 33.1 Å². The van der Waals surface area contributed by atoms with Gasteiger partial charge in [0.15, 0.2) is 0 Å². The Balaban J connectivity index is 1.15. The van der Waals surface area contributed by atoms with Crippen molar-refractivity contribution in [1.82, 2.24) is 4.57 Å². The summed E-state index contributed by atoms with van der Waals surface area (Å²) in [5.41, 5.74) is 16.7. The molecule has 1 aliphatic carbocycles. The van der Waals surface area contributed by atoms with Gasteiger partial charge in [-0.05, 0) is 100 Å². The summed E-state index contributed by atoms with van der Waals surface area (Å²) in [5, 5.41) is 2.54. The molecular formula is C51H38N2. The molecule has 1 atom stereocenters. The Bertz CT molecular complexity index is 2700. The van der Waals surface area contributed by atoms with Crippen LogP contribution in [0.25, 0.3) is 55.3 Å². The molecule has 0 saturated heterocycles. The van der Waals surface area contributed by atoms with Crippen LogP contribution in [0.1, 0.15) is 42.1 Å². The smallest absolute Gasteiger partial charge is 0.136 e. The van der Waals surface area contributed by atoms with Crippen molar-refractivity contribution in [2.45, 2.75) is 26.3 Å². The van der Waals surface area contributed by atoms with Gasteiger partial charge in [-0.1, -0.05) is 145 Å². The molecule has 252 valence electrons. The highest BCUT2D eigenvalue weighted by Gasteiger charge is 2.27. The third kappa shape index (κ3) is 5.97. The first-order chi connectivity index (χ1) is 26.2. The summed E-state index contributed by atoms with van der Waals surface area (Å²) in [6, 6.07) is 62.9. The minimum Gasteiger partial charge on any atom is -0.309 e. The highest BCUT2D eigenvalue weighted by atomic mass is 15.0. The molecule has 7 aromatic carbocycles. The second-order valence-corrected chi connectivity index (χ2v) is 13.7. The Morgan fingerprint density at radius 2 is 1.17 bits per heavy atom. The molecule has 8 aromatic rings. The van der Waals surface area contributed by atoms with E-state index in [1.54, 1.807) is 0 Å². The average Bonchev–Trinajstić information content (AvgIpc) is 3.76. The molecule has 2 nitrogen and oxygen atoms in total. The lowest BCUT2D eigenvalue weighted by Gasteiger charge is -2.14. The van der Waals surface area contributed by atoms with Crippen LogP contribution >= 0.6 is 0 Å². The molecule has 0 spiro atoms. The van der Waals surface area contributed by atoms with E-state index < -0.39 is 0 Å². The normalized spacial score (nSPS) is 14.6. The first-order valence-corrected chi connectivity index (χ1v) is 18.3. The highest BCUT2D eigenvalue weighted by Crippen LogP contribution is 2.38. The lowest BCUT2D eigenvalue weighted by atomic mass is 9.94. The van der Waals surface area contributed by atoms with E-state index in [9.17, 15) is 0 Å². The summed E-state index contributed by atoms with van der Waals surface area (Å²) in [6.45, 7) is 4.15. The van der Waals surface area contributed by atoms with Crippen LogP contribution in [0.3, 0.4) is 0 Å². The monoisotopic (exact) mass is 678 g/mol. The predicted octanol–water partition coefficient (Wildman–Crippen LogP) is 12.7. The molecule has 1 aromatic heterocycles. The van der Waals surface area contributed by atoms with Crippen molar-refractivity contribution < 1.29 is 0 Å². The highest BCUT2D eigenvalue weighted by molar-refractivity contribution is 6.21. The summed E-state index contributed by atoms with van der Waals surface area (Å²) in [5.74, 6) is 6.58. The van der Waals surface area contributed by atoms with Crippen LogP contribution in [0.4, 0.5) is 0 Å². The van der Waals surface area contributed by atoms with E-state index in [2.05, 4.69) is 193 Å². The molecule has 0 N–H and O–H groups in total. The van der Waals surface area contributed by atoms with Crippen LogP contribution in [0.5, 0.6) is 0 Å². The predicted molar refractivity (Wildman–Crippen MR) is 224 cm³/mol. The minimum atomic E-state index is -0.269. The lowest BCUT2D eigenvalue weighted by Crippen LogP contribution is -2.05. The summed E-state index contributed by atoms with van der Waals surface area (Å²) in [6.07, 6.45) is 0.823. The van der Waals surface area contributed by atoms with Gasteiger partial charge in [0.1, 0.15) is 6.04 Å². The zero-order chi connectivity index (χ0) is 35.7. The van der Waals surface area contributed by atoms with E-state index in [-0.39, 0.29) is 6.04 Å². The van der Waals surface area contributed by atoms with E-state index in [1.807, 2.05) is 13.0 Å². The topological polar surface area (TPSA) is 17.3 Å². The quantitative estimate of drug-likeness (QED) is 0.156. The Labute approximate surface area is 311 Å². The Morgan fingerprint density at radius 3 is 1.87 bits per heavy atom. The SMILES string of the molecule is CC#CC(N=C1/C(=C(\C)c2cccc(-c3ccccc3)c2)Cc2ccc(-c3ccc(-n4c5ccccc5c5ccccc54)cc3)cc21)c1ccccc1. The standard InChI is InChI=1S/C51H38N2/c1-3-15-48(38-18-8-5-9-19-38)52-51-46(35(2)39-20-14-21-40(32-39)36-16-6-4-7-17-36)34-42-27-26-41(33-47(42)51)37-28-30-43(31-29-37)53-49-24-12-10-22-44(49)45-23-11-13-25-50(45)53/h4-14,16-33,48H,34H2,1-2H3/b46-35+,52-51?. The molecule has 1 unspecified atom stereocenters. The van der Waals surface area contributed by atoms with Gasteiger partial charge in [-0.15, -0.1) is 5.92 Å². The number of hydrogen-bond donors (Lipinski definition) is 0. The van der Waals surface area contributed by atoms with Gasteiger partial charge in [0.2, 0.25) is 0 Å². The van der Waals surface area contributed by atoms with Crippen LogP contribution in [-0.4, -0.2) is 10.3 Å². The maximum atomic E-state index is 5.51. The number of nitrogens with zero attached hydrogens (tertiary/aromatic N) is 2. The van der Waals surface area contributed by atoms with Crippen LogP contribution in [0.15, 0.2) is 186 Å². The number of aliphatic imine (C=N–C) groups is 1. The van der Waals surface area contributed by atoms with Gasteiger partial charge in [-0.25, -0.2) is 0 Å². The fourth-order valence-corrected chi connectivity index (χ4v) is 7.86. The molecule has 1 heterocycles. The number of para-hydroxylation sites is 2. The van der Waals surface area contributed by atoms with E-state index >= 15 is 0 Å². The van der Waals surface area contributed by atoms with Crippen molar-refractivity contribution in [2.75, 3.05) is 0 Å². The molecular weight excluding hydrogens is 641 g/mol. The lowest BCUT2D eigenvalue weighted by molar-refractivity contribution is 0.945. The minimum absolute atomic E-state index is 0.269. The summed E-state index contributed by atoms with van der Waals surface area (Å²) >= 11 is 0. The molecule has 2 heteroatoms. The van der Waals surface area contributed by atoms with Gasteiger partial charge < -0.3 is 4.57 Å². The largest absolute Gasteiger partial charge is 0.309 e. The van der Waals surface area contributed by atoms with Gasteiger partial charge >= 0.3 is 0 Å². The first kappa shape index (κ1) is 32.2. The average molecular weight is 679 g/mol. The number of hydrogen-bond acceptors (Lipinski definition) is 1. The third-order valence-electron chi connectivity index (χ3n) is 10.6. The van der Waals surface area contributed by atoms with E-state index in [1.165, 1.54) is 71.9 Å². The van der Waals surface area contributed by atoms with Crippen LogP contribution < -0.4 is 0 Å². The Morgan fingerprint density at radius 1 is 0.585 bits per heavy atom. The van der Waals surface area contributed by atoms with Crippen molar-refractivity contribution in [3.8, 4) is 39.8 Å². The van der Waals surface area contributed by atoms with Crippen molar-refractivity contribution in [3.05, 3.63) is 204 Å². The molecule has 0 aliphatic heterocycles. The second kappa shape index (κ2) is 13.8. The van der Waals surface area contributed by atoms with E-state index in [0.717, 1.165) is 23.4 Å². The van der Waals surface area contributed by atoms with Crippen molar-refractivity contribution in [2.24, 2.45) is 4.99 Å². The number of benzene rings is 7.